The second kappa shape index (κ2) is 6.19. The van der Waals surface area contributed by atoms with Crippen LogP contribution in [-0.4, -0.2) is 48.9 Å². The number of carbonyl (C=O) groups excluding carboxylic acids is 1. The molecule has 1 saturated heterocycles. The number of halogens is 1. The van der Waals surface area contributed by atoms with Crippen molar-refractivity contribution in [1.82, 2.24) is 10.2 Å². The number of likely N-dealkylation sites (tertiary alicyclic amines) is 1. The van der Waals surface area contributed by atoms with Gasteiger partial charge in [-0.15, -0.1) is 0 Å². The van der Waals surface area contributed by atoms with Crippen LogP contribution in [0.5, 0.6) is 0 Å². The Kier molecular flexibility index (Phi) is 5.18. The molecule has 0 bridgehead atoms. The van der Waals surface area contributed by atoms with Crippen LogP contribution in [0.3, 0.4) is 0 Å². The molecule has 100 valence electrons. The molecular formula is C12H23FN2O2. The summed E-state index contributed by atoms with van der Waals surface area (Å²) in [7, 11) is 0. The number of ether oxygens (including phenoxy) is 1. The molecule has 1 aliphatic rings. The van der Waals surface area contributed by atoms with Gasteiger partial charge < -0.3 is 10.1 Å². The molecule has 17 heavy (non-hydrogen) atoms. The fourth-order valence-electron chi connectivity index (χ4n) is 1.97. The van der Waals surface area contributed by atoms with Gasteiger partial charge in [0.05, 0.1) is 0 Å². The van der Waals surface area contributed by atoms with Crippen molar-refractivity contribution in [3.8, 4) is 0 Å². The molecule has 0 aromatic carbocycles. The van der Waals surface area contributed by atoms with Crippen LogP contribution in [0, 0.1) is 0 Å². The van der Waals surface area contributed by atoms with Crippen molar-refractivity contribution in [3.63, 3.8) is 0 Å². The number of nitrogens with zero attached hydrogens (tertiary/aromatic N) is 1. The van der Waals surface area contributed by atoms with Crippen molar-refractivity contribution in [3.05, 3.63) is 0 Å². The van der Waals surface area contributed by atoms with E-state index in [1.807, 2.05) is 25.7 Å². The summed E-state index contributed by atoms with van der Waals surface area (Å²) in [4.78, 5) is 13.6. The zero-order chi connectivity index (χ0) is 12.9. The highest BCUT2D eigenvalue weighted by molar-refractivity contribution is 5.68. The van der Waals surface area contributed by atoms with Crippen LogP contribution in [0.1, 0.15) is 33.6 Å². The van der Waals surface area contributed by atoms with Crippen LogP contribution in [0.15, 0.2) is 0 Å². The minimum Gasteiger partial charge on any atom is -0.444 e. The van der Waals surface area contributed by atoms with Crippen LogP contribution in [0.2, 0.25) is 0 Å². The Bertz CT molecular complexity index is 251. The lowest BCUT2D eigenvalue weighted by Crippen LogP contribution is -2.49. The Morgan fingerprint density at radius 1 is 1.53 bits per heavy atom. The largest absolute Gasteiger partial charge is 0.444 e. The average Bonchev–Trinajstić information content (AvgIpc) is 2.15. The van der Waals surface area contributed by atoms with Gasteiger partial charge in [-0.25, -0.2) is 9.18 Å². The zero-order valence-electron chi connectivity index (χ0n) is 11.0. The van der Waals surface area contributed by atoms with Crippen molar-refractivity contribution in [1.29, 1.82) is 0 Å². The number of alkyl carbamates (subject to hydrolysis) is 1. The third-order valence-corrected chi connectivity index (χ3v) is 2.63. The number of hydrogen-bond donors (Lipinski definition) is 1. The van der Waals surface area contributed by atoms with Crippen molar-refractivity contribution >= 4 is 6.09 Å². The highest BCUT2D eigenvalue weighted by Gasteiger charge is 2.23. The lowest BCUT2D eigenvalue weighted by atomic mass is 10.1. The number of rotatable bonds is 3. The Morgan fingerprint density at radius 2 is 2.24 bits per heavy atom. The van der Waals surface area contributed by atoms with E-state index in [-0.39, 0.29) is 18.8 Å². The van der Waals surface area contributed by atoms with Gasteiger partial charge in [0.15, 0.2) is 0 Å². The topological polar surface area (TPSA) is 41.6 Å². The van der Waals surface area contributed by atoms with Crippen LogP contribution in [0.25, 0.3) is 0 Å². The lowest BCUT2D eigenvalue weighted by molar-refractivity contribution is 0.0471. The van der Waals surface area contributed by atoms with E-state index in [2.05, 4.69) is 5.32 Å². The molecular weight excluding hydrogens is 223 g/mol. The third-order valence-electron chi connectivity index (χ3n) is 2.63. The first-order chi connectivity index (χ1) is 7.90. The Morgan fingerprint density at radius 3 is 2.82 bits per heavy atom. The highest BCUT2D eigenvalue weighted by Crippen LogP contribution is 2.11. The molecule has 0 saturated carbocycles. The molecule has 0 radical (unpaired) electrons. The summed E-state index contributed by atoms with van der Waals surface area (Å²) in [6, 6.07) is 0.0742. The van der Waals surface area contributed by atoms with Crippen LogP contribution < -0.4 is 5.32 Å². The van der Waals surface area contributed by atoms with Crippen LogP contribution in [-0.2, 0) is 4.74 Å². The van der Waals surface area contributed by atoms with Crippen LogP contribution >= 0.6 is 0 Å². The van der Waals surface area contributed by atoms with Crippen molar-refractivity contribution in [2.45, 2.75) is 45.3 Å². The summed E-state index contributed by atoms with van der Waals surface area (Å²) < 4.78 is 17.4. The monoisotopic (exact) mass is 246 g/mol. The molecule has 0 aromatic heterocycles. The van der Waals surface area contributed by atoms with Crippen LogP contribution in [0.4, 0.5) is 9.18 Å². The van der Waals surface area contributed by atoms with E-state index in [0.29, 0.717) is 13.1 Å². The van der Waals surface area contributed by atoms with Crippen molar-refractivity contribution in [2.75, 3.05) is 26.3 Å². The van der Waals surface area contributed by atoms with E-state index in [9.17, 15) is 9.18 Å². The Hall–Kier alpha value is -0.840. The predicted molar refractivity (Wildman–Crippen MR) is 64.8 cm³/mol. The Balaban J connectivity index is 2.33. The second-order valence-electron chi connectivity index (χ2n) is 5.47. The molecule has 1 atom stereocenters. The molecule has 1 rings (SSSR count). The lowest BCUT2D eigenvalue weighted by Gasteiger charge is -2.32. The number of piperidine rings is 1. The van der Waals surface area contributed by atoms with E-state index >= 15 is 0 Å². The standard InChI is InChI=1S/C12H23FN2O2/c1-12(2,3)17-11(16)14-10-5-4-7-15(9-10)8-6-13/h10H,4-9H2,1-3H3,(H,14,16). The number of hydrogen-bond acceptors (Lipinski definition) is 3. The number of amides is 1. The maximum absolute atomic E-state index is 12.2. The molecule has 4 nitrogen and oxygen atoms in total. The van der Waals surface area contributed by atoms with Gasteiger partial charge in [0.2, 0.25) is 0 Å². The maximum Gasteiger partial charge on any atom is 0.407 e. The van der Waals surface area contributed by atoms with E-state index in [1.165, 1.54) is 0 Å². The molecule has 1 unspecified atom stereocenters. The summed E-state index contributed by atoms with van der Waals surface area (Å²) >= 11 is 0. The first-order valence-corrected chi connectivity index (χ1v) is 6.18. The summed E-state index contributed by atoms with van der Waals surface area (Å²) in [5.74, 6) is 0. The summed E-state index contributed by atoms with van der Waals surface area (Å²) in [6.07, 6.45) is 1.53. The quantitative estimate of drug-likeness (QED) is 0.827. The minimum absolute atomic E-state index is 0.0742. The molecule has 0 aromatic rings. The van der Waals surface area contributed by atoms with E-state index < -0.39 is 5.60 Å². The highest BCUT2D eigenvalue weighted by atomic mass is 19.1. The molecule has 0 aliphatic carbocycles. The van der Waals surface area contributed by atoms with E-state index in [1.54, 1.807) is 0 Å². The molecule has 1 heterocycles. The van der Waals surface area contributed by atoms with Gasteiger partial charge in [-0.05, 0) is 40.2 Å². The van der Waals surface area contributed by atoms with Gasteiger partial charge in [0.1, 0.15) is 12.3 Å². The van der Waals surface area contributed by atoms with E-state index in [4.69, 9.17) is 4.74 Å². The Labute approximate surface area is 102 Å². The third kappa shape index (κ3) is 5.86. The first kappa shape index (κ1) is 14.2. The second-order valence-corrected chi connectivity index (χ2v) is 5.47. The summed E-state index contributed by atoms with van der Waals surface area (Å²) in [5.41, 5.74) is -0.475. The smallest absolute Gasteiger partial charge is 0.407 e. The van der Waals surface area contributed by atoms with Gasteiger partial charge in [0, 0.05) is 19.1 Å². The molecule has 1 N–H and O–H groups in total. The average molecular weight is 246 g/mol. The minimum atomic E-state index is -0.475. The molecule has 0 spiro atoms. The number of nitrogens with one attached hydrogen (secondary N) is 1. The number of carbonyl (C=O) groups is 1. The number of alkyl halides is 1. The SMILES string of the molecule is CC(C)(C)OC(=O)NC1CCCN(CCF)C1. The summed E-state index contributed by atoms with van der Waals surface area (Å²) in [5, 5.41) is 2.84. The molecule has 1 fully saturated rings. The molecule has 1 aliphatic heterocycles. The zero-order valence-corrected chi connectivity index (χ0v) is 11.0. The van der Waals surface area contributed by atoms with E-state index in [0.717, 1.165) is 19.4 Å². The van der Waals surface area contributed by atoms with Gasteiger partial charge in [-0.1, -0.05) is 0 Å². The molecule has 5 heteroatoms. The molecule has 1 amide bonds. The summed E-state index contributed by atoms with van der Waals surface area (Å²) in [6.45, 7) is 7.25. The van der Waals surface area contributed by atoms with Crippen molar-refractivity contribution in [2.24, 2.45) is 0 Å². The first-order valence-electron chi connectivity index (χ1n) is 6.18. The van der Waals surface area contributed by atoms with Crippen molar-refractivity contribution < 1.29 is 13.9 Å². The van der Waals surface area contributed by atoms with Gasteiger partial charge in [-0.2, -0.15) is 0 Å². The fourth-order valence-corrected chi connectivity index (χ4v) is 1.97. The van der Waals surface area contributed by atoms with Gasteiger partial charge in [0.25, 0.3) is 0 Å². The normalized spacial score (nSPS) is 22.2. The van der Waals surface area contributed by atoms with Gasteiger partial charge >= 0.3 is 6.09 Å². The fraction of sp³-hybridized carbons (Fsp3) is 0.917. The van der Waals surface area contributed by atoms with Gasteiger partial charge in [-0.3, -0.25) is 4.90 Å². The maximum atomic E-state index is 12.2. The predicted octanol–water partition coefficient (Wildman–Crippen LogP) is 1.95.